The normalized spacial score (nSPS) is 18.6. The molecular formula is C25H31NO4S. The van der Waals surface area contributed by atoms with Gasteiger partial charge in [-0.05, 0) is 60.9 Å². The molecule has 0 spiro atoms. The van der Waals surface area contributed by atoms with E-state index in [1.807, 2.05) is 44.4 Å². The molecule has 0 radical (unpaired) electrons. The number of carbonyl (C=O) groups excluding carboxylic acids is 2. The lowest BCUT2D eigenvalue weighted by Crippen LogP contribution is -2.30. The molecule has 1 aromatic carbocycles. The average molecular weight is 442 g/mol. The molecule has 31 heavy (non-hydrogen) atoms. The van der Waals surface area contributed by atoms with Crippen molar-refractivity contribution in [2.24, 2.45) is 0 Å². The van der Waals surface area contributed by atoms with Crippen molar-refractivity contribution in [1.29, 1.82) is 0 Å². The second kappa shape index (κ2) is 8.87. The van der Waals surface area contributed by atoms with Crippen LogP contribution in [-0.4, -0.2) is 34.8 Å². The van der Waals surface area contributed by atoms with Gasteiger partial charge in [-0.3, -0.25) is 9.59 Å². The molecule has 3 rings (SSSR count). The third kappa shape index (κ3) is 4.26. The fourth-order valence-electron chi connectivity index (χ4n) is 3.99. The summed E-state index contributed by atoms with van der Waals surface area (Å²) in [6.07, 6.45) is 0.727. The number of aryl methyl sites for hydroxylation is 1. The maximum atomic E-state index is 13.0. The molecule has 0 saturated carbocycles. The third-order valence-electron chi connectivity index (χ3n) is 5.52. The van der Waals surface area contributed by atoms with Gasteiger partial charge in [0.25, 0.3) is 11.7 Å². The summed E-state index contributed by atoms with van der Waals surface area (Å²) in [5, 5.41) is 13.3. The summed E-state index contributed by atoms with van der Waals surface area (Å²) in [6.45, 7) is 13.1. The number of ketones is 1. The standard InChI is InChI=1S/C25H31NO4S/c1-7-12-26-20(23-15(3)11-13-31-23)19(22(28)24(26)29)21(27)16-9-10-18(30-8-2)17(14-16)25(4,5)6/h9-11,13-14,20,27H,7-8,12H2,1-6H3/b21-19-. The van der Waals surface area contributed by atoms with Gasteiger partial charge in [0.15, 0.2) is 0 Å². The van der Waals surface area contributed by atoms with Gasteiger partial charge in [-0.15, -0.1) is 11.3 Å². The molecule has 5 nitrogen and oxygen atoms in total. The Hall–Kier alpha value is -2.60. The lowest BCUT2D eigenvalue weighted by Gasteiger charge is -2.25. The molecule has 1 aliphatic heterocycles. The van der Waals surface area contributed by atoms with E-state index in [4.69, 9.17) is 4.74 Å². The highest BCUT2D eigenvalue weighted by molar-refractivity contribution is 7.10. The minimum absolute atomic E-state index is 0.136. The van der Waals surface area contributed by atoms with Crippen molar-refractivity contribution in [2.45, 2.75) is 59.4 Å². The SMILES string of the molecule is CCCN1C(=O)C(=O)/C(=C(\O)c2ccc(OCC)c(C(C)(C)C)c2)C1c1sccc1C. The van der Waals surface area contributed by atoms with E-state index < -0.39 is 17.7 Å². The minimum Gasteiger partial charge on any atom is -0.507 e. The quantitative estimate of drug-likeness (QED) is 0.361. The molecule has 2 heterocycles. The van der Waals surface area contributed by atoms with E-state index >= 15 is 0 Å². The molecule has 1 amide bonds. The molecule has 2 aromatic rings. The van der Waals surface area contributed by atoms with Crippen LogP contribution in [-0.2, 0) is 15.0 Å². The van der Waals surface area contributed by atoms with Gasteiger partial charge in [-0.1, -0.05) is 27.7 Å². The van der Waals surface area contributed by atoms with Crippen molar-refractivity contribution in [3.63, 3.8) is 0 Å². The summed E-state index contributed by atoms with van der Waals surface area (Å²) >= 11 is 1.50. The van der Waals surface area contributed by atoms with Gasteiger partial charge in [-0.2, -0.15) is 0 Å². The van der Waals surface area contributed by atoms with Crippen molar-refractivity contribution in [3.8, 4) is 5.75 Å². The molecule has 1 unspecified atom stereocenters. The van der Waals surface area contributed by atoms with E-state index in [2.05, 4.69) is 20.8 Å². The molecule has 1 aromatic heterocycles. The molecule has 1 aliphatic rings. The summed E-state index contributed by atoms with van der Waals surface area (Å²) in [5.41, 5.74) is 2.39. The second-order valence-corrected chi connectivity index (χ2v) is 9.80. The first-order chi connectivity index (χ1) is 14.6. The van der Waals surface area contributed by atoms with Crippen LogP contribution in [0.1, 0.15) is 68.6 Å². The monoisotopic (exact) mass is 441 g/mol. The predicted molar refractivity (Wildman–Crippen MR) is 125 cm³/mol. The van der Waals surface area contributed by atoms with Crippen LogP contribution >= 0.6 is 11.3 Å². The summed E-state index contributed by atoms with van der Waals surface area (Å²) in [5.74, 6) is -0.565. The Morgan fingerprint density at radius 1 is 1.19 bits per heavy atom. The molecule has 6 heteroatoms. The number of likely N-dealkylation sites (tertiary alicyclic amines) is 1. The highest BCUT2D eigenvalue weighted by Gasteiger charge is 2.46. The van der Waals surface area contributed by atoms with E-state index in [1.165, 1.54) is 11.3 Å². The van der Waals surface area contributed by atoms with Crippen molar-refractivity contribution in [2.75, 3.05) is 13.2 Å². The van der Waals surface area contributed by atoms with Crippen molar-refractivity contribution >= 4 is 28.8 Å². The maximum Gasteiger partial charge on any atom is 0.295 e. The molecule has 1 saturated heterocycles. The van der Waals surface area contributed by atoms with Crippen molar-refractivity contribution < 1.29 is 19.4 Å². The fourth-order valence-corrected chi connectivity index (χ4v) is 5.04. The number of amides is 1. The molecule has 0 bridgehead atoms. The number of rotatable bonds is 6. The number of carbonyl (C=O) groups is 2. The number of nitrogens with zero attached hydrogens (tertiary/aromatic N) is 1. The Kier molecular flexibility index (Phi) is 6.60. The number of ether oxygens (including phenoxy) is 1. The zero-order valence-corrected chi connectivity index (χ0v) is 19.9. The molecular weight excluding hydrogens is 410 g/mol. The Bertz CT molecular complexity index is 1030. The van der Waals surface area contributed by atoms with Gasteiger partial charge >= 0.3 is 0 Å². The third-order valence-corrected chi connectivity index (χ3v) is 6.59. The van der Waals surface area contributed by atoms with Crippen LogP contribution < -0.4 is 4.74 Å². The Labute approximate surface area is 188 Å². The van der Waals surface area contributed by atoms with Crippen molar-refractivity contribution in [1.82, 2.24) is 4.90 Å². The first-order valence-corrected chi connectivity index (χ1v) is 11.6. The largest absolute Gasteiger partial charge is 0.507 e. The molecule has 1 N–H and O–H groups in total. The lowest BCUT2D eigenvalue weighted by atomic mass is 9.84. The molecule has 1 fully saturated rings. The zero-order chi connectivity index (χ0) is 22.9. The van der Waals surface area contributed by atoms with Gasteiger partial charge in [0.05, 0.1) is 18.2 Å². The second-order valence-electron chi connectivity index (χ2n) is 8.85. The predicted octanol–water partition coefficient (Wildman–Crippen LogP) is 5.58. The number of hydrogen-bond acceptors (Lipinski definition) is 5. The van der Waals surface area contributed by atoms with Gasteiger partial charge in [0.1, 0.15) is 11.5 Å². The number of Topliss-reactive ketones (excluding diaryl/α,β-unsaturated/α-hetero) is 1. The first kappa shape index (κ1) is 23.1. The van der Waals surface area contributed by atoms with Crippen molar-refractivity contribution in [3.05, 3.63) is 56.8 Å². The van der Waals surface area contributed by atoms with Crippen LogP contribution in [0, 0.1) is 6.92 Å². The van der Waals surface area contributed by atoms with Crippen LogP contribution in [0.3, 0.4) is 0 Å². The van der Waals surface area contributed by atoms with Crippen LogP contribution in [0.25, 0.3) is 5.76 Å². The Balaban J connectivity index is 2.21. The highest BCUT2D eigenvalue weighted by atomic mass is 32.1. The number of aliphatic hydroxyl groups is 1. The summed E-state index contributed by atoms with van der Waals surface area (Å²) in [7, 11) is 0. The van der Waals surface area contributed by atoms with Crippen LogP contribution in [0.4, 0.5) is 0 Å². The number of thiophene rings is 1. The highest BCUT2D eigenvalue weighted by Crippen LogP contribution is 2.43. The Morgan fingerprint density at radius 3 is 2.45 bits per heavy atom. The Morgan fingerprint density at radius 2 is 1.90 bits per heavy atom. The molecule has 1 atom stereocenters. The van der Waals surface area contributed by atoms with Crippen LogP contribution in [0.15, 0.2) is 35.2 Å². The average Bonchev–Trinajstić information content (AvgIpc) is 3.23. The van der Waals surface area contributed by atoms with Gasteiger partial charge in [0, 0.05) is 22.5 Å². The fraction of sp³-hybridized carbons (Fsp3) is 0.440. The first-order valence-electron chi connectivity index (χ1n) is 10.7. The van der Waals surface area contributed by atoms with Crippen LogP contribution in [0.5, 0.6) is 5.75 Å². The number of benzene rings is 1. The number of hydrogen-bond donors (Lipinski definition) is 1. The van der Waals surface area contributed by atoms with Crippen LogP contribution in [0.2, 0.25) is 0 Å². The smallest absolute Gasteiger partial charge is 0.295 e. The topological polar surface area (TPSA) is 66.8 Å². The van der Waals surface area contributed by atoms with E-state index in [1.54, 1.807) is 11.0 Å². The minimum atomic E-state index is -0.630. The maximum absolute atomic E-state index is 13.0. The van der Waals surface area contributed by atoms with E-state index in [0.717, 1.165) is 28.2 Å². The van der Waals surface area contributed by atoms with E-state index in [-0.39, 0.29) is 16.7 Å². The van der Waals surface area contributed by atoms with Gasteiger partial charge in [0.2, 0.25) is 0 Å². The number of aliphatic hydroxyl groups excluding tert-OH is 1. The molecule has 166 valence electrons. The summed E-state index contributed by atoms with van der Waals surface area (Å²) in [4.78, 5) is 28.4. The molecule has 0 aliphatic carbocycles. The van der Waals surface area contributed by atoms with Gasteiger partial charge < -0.3 is 14.7 Å². The van der Waals surface area contributed by atoms with E-state index in [9.17, 15) is 14.7 Å². The lowest BCUT2D eigenvalue weighted by molar-refractivity contribution is -0.139. The summed E-state index contributed by atoms with van der Waals surface area (Å²) in [6, 6.07) is 6.85. The van der Waals surface area contributed by atoms with E-state index in [0.29, 0.717) is 18.7 Å². The van der Waals surface area contributed by atoms with Gasteiger partial charge in [-0.25, -0.2) is 0 Å². The summed E-state index contributed by atoms with van der Waals surface area (Å²) < 4.78 is 5.78. The zero-order valence-electron chi connectivity index (χ0n) is 19.1.